The van der Waals surface area contributed by atoms with E-state index in [0.717, 1.165) is 51.4 Å². The number of hydrogen-bond donors (Lipinski definition) is 3. The van der Waals surface area contributed by atoms with Gasteiger partial charge in [-0.3, -0.25) is 18.9 Å². The molecule has 1 aliphatic carbocycles. The minimum Gasteiger partial charge on any atom is -0.756 e. The molecule has 7 atom stereocenters. The average Bonchev–Trinajstić information content (AvgIpc) is 3.49. The van der Waals surface area contributed by atoms with E-state index in [1.54, 1.807) is 12.2 Å². The summed E-state index contributed by atoms with van der Waals surface area (Å²) in [7, 11) is 0.901. The lowest BCUT2D eigenvalue weighted by molar-refractivity contribution is -0.870. The molecule has 1 fully saturated rings. The van der Waals surface area contributed by atoms with Crippen molar-refractivity contribution in [2.75, 3.05) is 47.5 Å². The molecule has 0 aromatic heterocycles. The summed E-state index contributed by atoms with van der Waals surface area (Å²) in [5.74, 6) is -2.25. The Morgan fingerprint density at radius 3 is 1.89 bits per heavy atom. The van der Waals surface area contributed by atoms with E-state index >= 15 is 0 Å². The molecular weight excluding hydrogens is 838 g/mol. The molecule has 0 radical (unpaired) electrons. The van der Waals surface area contributed by atoms with Gasteiger partial charge in [0.1, 0.15) is 25.5 Å². The van der Waals surface area contributed by atoms with Gasteiger partial charge in [-0.05, 0) is 64.2 Å². The third-order valence-electron chi connectivity index (χ3n) is 10.4. The molecule has 0 amide bonds. The third kappa shape index (κ3) is 32.4. The minimum absolute atomic E-state index is 0.0184. The summed E-state index contributed by atoms with van der Waals surface area (Å²) in [5, 5.41) is 31.4. The summed E-state index contributed by atoms with van der Waals surface area (Å²) in [6, 6.07) is 0. The fourth-order valence-corrected chi connectivity index (χ4v) is 7.40. The smallest absolute Gasteiger partial charge is 0.306 e. The number of aliphatic hydroxyl groups excluding tert-OH is 3. The van der Waals surface area contributed by atoms with E-state index in [0.29, 0.717) is 43.1 Å². The van der Waals surface area contributed by atoms with Gasteiger partial charge in [-0.2, -0.15) is 0 Å². The van der Waals surface area contributed by atoms with E-state index < -0.39 is 69.2 Å². The van der Waals surface area contributed by atoms with Gasteiger partial charge in [-0.25, -0.2) is 0 Å². The van der Waals surface area contributed by atoms with E-state index in [1.807, 2.05) is 39.4 Å². The number of esters is 2. The lowest BCUT2D eigenvalue weighted by atomic mass is 9.87. The zero-order valence-electron chi connectivity index (χ0n) is 39.5. The van der Waals surface area contributed by atoms with Crippen molar-refractivity contribution < 1.29 is 62.2 Å². The Morgan fingerprint density at radius 2 is 1.31 bits per heavy atom. The number of phosphoric acid groups is 1. The standard InChI is InChI=1S/C50H82NO12P/c1-6-8-10-11-12-13-14-15-16-17-18-19-20-21-22-23-24-25-27-33-50(57)63-44(41-62-64(58,59)61-37-36-51(3,4)5)40-60-49(56)32-29-28-31-43(53)38-46-45(47(54)39-48(46)55)35-34-42(52)30-26-9-7-2/h8,10,12-13,15-16,18-19,21-22,24-25,34-35,42,44-48,52,54-55H,6-7,9,11,14,17,20,23,26-33,36-41H2,1-5H3/b10-8-,13-12-,16-15-,19-18-,22-21-,25-24-,35-34+/t42-,44+,45+,46+,47+,48-/m0/s1. The zero-order valence-corrected chi connectivity index (χ0v) is 40.4. The highest BCUT2D eigenvalue weighted by Gasteiger charge is 2.41. The molecule has 14 heteroatoms. The van der Waals surface area contributed by atoms with Crippen LogP contribution in [0.25, 0.3) is 0 Å². The van der Waals surface area contributed by atoms with Crippen LogP contribution in [-0.2, 0) is 37.5 Å². The minimum atomic E-state index is -4.75. The second-order valence-electron chi connectivity index (χ2n) is 17.3. The van der Waals surface area contributed by atoms with Crippen LogP contribution >= 0.6 is 7.82 Å². The van der Waals surface area contributed by atoms with Gasteiger partial charge in [0.2, 0.25) is 0 Å². The fourth-order valence-electron chi connectivity index (χ4n) is 6.68. The summed E-state index contributed by atoms with van der Waals surface area (Å²) in [6.07, 6.45) is 35.5. The van der Waals surface area contributed by atoms with Crippen LogP contribution in [0.15, 0.2) is 85.1 Å². The molecule has 0 heterocycles. The van der Waals surface area contributed by atoms with Gasteiger partial charge in [-0.15, -0.1) is 0 Å². The first-order valence-electron chi connectivity index (χ1n) is 23.5. The van der Waals surface area contributed by atoms with E-state index in [2.05, 4.69) is 68.5 Å². The number of carbonyl (C=O) groups is 3. The van der Waals surface area contributed by atoms with Crippen molar-refractivity contribution in [3.05, 3.63) is 85.1 Å². The number of nitrogens with zero attached hydrogens (tertiary/aromatic N) is 1. The highest BCUT2D eigenvalue weighted by atomic mass is 31.2. The number of aliphatic hydroxyl groups is 3. The number of phosphoric ester groups is 1. The molecule has 0 saturated heterocycles. The van der Waals surface area contributed by atoms with Gasteiger partial charge in [0, 0.05) is 43.9 Å². The maximum absolute atomic E-state index is 12.9. The zero-order chi connectivity index (χ0) is 47.5. The number of ether oxygens (including phenoxy) is 2. The van der Waals surface area contributed by atoms with Crippen molar-refractivity contribution in [1.29, 1.82) is 0 Å². The lowest BCUT2D eigenvalue weighted by Crippen LogP contribution is -2.37. The summed E-state index contributed by atoms with van der Waals surface area (Å²) in [5.41, 5.74) is 0. The molecule has 1 rings (SSSR count). The number of likely N-dealkylation sites (N-methyl/N-ethyl adjacent to an activating group) is 1. The van der Waals surface area contributed by atoms with Gasteiger partial charge in [0.25, 0.3) is 7.82 Å². The highest BCUT2D eigenvalue weighted by Crippen LogP contribution is 2.39. The Bertz CT molecular complexity index is 1540. The Balaban J connectivity index is 2.55. The van der Waals surface area contributed by atoms with Crippen molar-refractivity contribution in [3.8, 4) is 0 Å². The number of hydrogen-bond acceptors (Lipinski definition) is 12. The summed E-state index contributed by atoms with van der Waals surface area (Å²) < 4.78 is 33.7. The number of rotatable bonds is 37. The van der Waals surface area contributed by atoms with Crippen LogP contribution in [-0.4, -0.2) is 109 Å². The molecule has 364 valence electrons. The van der Waals surface area contributed by atoms with Gasteiger partial charge >= 0.3 is 11.9 Å². The van der Waals surface area contributed by atoms with Crippen LogP contribution in [0.2, 0.25) is 0 Å². The van der Waals surface area contributed by atoms with Gasteiger partial charge in [-0.1, -0.05) is 118 Å². The van der Waals surface area contributed by atoms with Crippen molar-refractivity contribution in [1.82, 2.24) is 0 Å². The van der Waals surface area contributed by atoms with Crippen LogP contribution in [0.3, 0.4) is 0 Å². The monoisotopic (exact) mass is 920 g/mol. The molecule has 1 unspecified atom stereocenters. The molecular formula is C50H82NO12P. The van der Waals surface area contributed by atoms with Gasteiger partial charge in [0.05, 0.1) is 46.1 Å². The lowest BCUT2D eigenvalue weighted by Gasteiger charge is -2.28. The molecule has 0 aliphatic heterocycles. The van der Waals surface area contributed by atoms with Crippen molar-refractivity contribution in [3.63, 3.8) is 0 Å². The fraction of sp³-hybridized carbons (Fsp3) is 0.660. The number of allylic oxidation sites excluding steroid dienone is 12. The third-order valence-corrected chi connectivity index (χ3v) is 11.4. The van der Waals surface area contributed by atoms with Crippen LogP contribution < -0.4 is 4.89 Å². The first kappa shape index (κ1) is 58.8. The largest absolute Gasteiger partial charge is 0.756 e. The first-order chi connectivity index (χ1) is 30.6. The number of ketones is 1. The number of unbranched alkanes of at least 4 members (excludes halogenated alkanes) is 3. The average molecular weight is 920 g/mol. The van der Waals surface area contributed by atoms with E-state index in [4.69, 9.17) is 18.5 Å². The maximum Gasteiger partial charge on any atom is 0.306 e. The first-order valence-corrected chi connectivity index (χ1v) is 24.9. The molecule has 3 N–H and O–H groups in total. The molecule has 0 aromatic carbocycles. The van der Waals surface area contributed by atoms with Crippen LogP contribution in [0.5, 0.6) is 0 Å². The van der Waals surface area contributed by atoms with Gasteiger partial charge < -0.3 is 43.2 Å². The SMILES string of the molecule is CC/C=C\C/C=C\C/C=C\C/C=C\C/C=C\C/C=C\CCC(=O)O[C@H](COC(=O)CCCCC(=O)C[C@@H]1[C@@H](/C=C/[C@@H](O)CCCCC)[C@H](O)C[C@@H]1O)COP(=O)([O-])OCC[N+](C)(C)C. The van der Waals surface area contributed by atoms with E-state index in [1.165, 1.54) is 0 Å². The number of carbonyl (C=O) groups excluding carboxylic acids is 3. The summed E-state index contributed by atoms with van der Waals surface area (Å²) in [6.45, 7) is 3.46. The predicted molar refractivity (Wildman–Crippen MR) is 252 cm³/mol. The molecule has 1 saturated carbocycles. The molecule has 64 heavy (non-hydrogen) atoms. The number of quaternary nitrogens is 1. The maximum atomic E-state index is 12.9. The van der Waals surface area contributed by atoms with Crippen LogP contribution in [0, 0.1) is 11.8 Å². The Kier molecular flexibility index (Phi) is 33.0. The second kappa shape index (κ2) is 35.9. The van der Waals surface area contributed by atoms with Crippen LogP contribution in [0.1, 0.15) is 129 Å². The Morgan fingerprint density at radius 1 is 0.734 bits per heavy atom. The summed E-state index contributed by atoms with van der Waals surface area (Å²) in [4.78, 5) is 50.7. The number of Topliss-reactive ketones (excluding diaryl/α,β-unsaturated/α-hetero) is 1. The molecule has 0 bridgehead atoms. The molecule has 13 nitrogen and oxygen atoms in total. The molecule has 0 spiro atoms. The topological polar surface area (TPSA) is 189 Å². The van der Waals surface area contributed by atoms with Crippen molar-refractivity contribution in [2.24, 2.45) is 11.8 Å². The summed E-state index contributed by atoms with van der Waals surface area (Å²) >= 11 is 0. The van der Waals surface area contributed by atoms with E-state index in [-0.39, 0.29) is 44.5 Å². The molecule has 0 aromatic rings. The highest BCUT2D eigenvalue weighted by molar-refractivity contribution is 7.45. The predicted octanol–water partition coefficient (Wildman–Crippen LogP) is 8.50. The van der Waals surface area contributed by atoms with Crippen molar-refractivity contribution >= 4 is 25.5 Å². The van der Waals surface area contributed by atoms with Crippen molar-refractivity contribution in [2.45, 2.75) is 154 Å². The Labute approximate surface area is 384 Å². The Hall–Kier alpha value is -3.26. The quantitative estimate of drug-likeness (QED) is 0.0178. The molecule has 1 aliphatic rings. The normalized spacial score (nSPS) is 20.5. The van der Waals surface area contributed by atoms with Gasteiger partial charge in [0.15, 0.2) is 6.10 Å². The van der Waals surface area contributed by atoms with Crippen LogP contribution in [0.4, 0.5) is 0 Å². The van der Waals surface area contributed by atoms with E-state index in [9.17, 15) is 39.2 Å². The second-order valence-corrected chi connectivity index (χ2v) is 18.8.